The Hall–Kier alpha value is -1.11. The van der Waals surface area contributed by atoms with Crippen LogP contribution in [0.4, 0.5) is 5.69 Å². The van der Waals surface area contributed by atoms with E-state index in [1.807, 2.05) is 31.2 Å². The van der Waals surface area contributed by atoms with Crippen molar-refractivity contribution in [1.82, 2.24) is 9.80 Å². The third-order valence-electron chi connectivity index (χ3n) is 3.51. The number of amides is 1. The smallest absolute Gasteiger partial charge is 0.234 e. The zero-order valence-electron chi connectivity index (χ0n) is 12.5. The molecular formula is C15H21N3OS2. The lowest BCUT2D eigenvalue weighted by atomic mass is 10.2. The Kier molecular flexibility index (Phi) is 6.02. The molecule has 0 aliphatic carbocycles. The molecule has 1 heterocycles. The summed E-state index contributed by atoms with van der Waals surface area (Å²) in [5.74, 6) is 0.352. The monoisotopic (exact) mass is 323 g/mol. The van der Waals surface area contributed by atoms with E-state index in [1.165, 1.54) is 11.8 Å². The number of nitrogens with zero attached hydrogens (tertiary/aromatic N) is 2. The number of anilines is 1. The predicted molar refractivity (Wildman–Crippen MR) is 93.9 cm³/mol. The van der Waals surface area contributed by atoms with Crippen LogP contribution in [0.2, 0.25) is 0 Å². The maximum absolute atomic E-state index is 12.0. The molecule has 0 aromatic heterocycles. The Morgan fingerprint density at radius 1 is 1.29 bits per heavy atom. The van der Waals surface area contributed by atoms with E-state index in [0.29, 0.717) is 5.75 Å². The molecule has 1 N–H and O–H groups in total. The normalized spacial score (nSPS) is 15.8. The molecule has 4 nitrogen and oxygen atoms in total. The molecule has 0 radical (unpaired) electrons. The maximum Gasteiger partial charge on any atom is 0.234 e. The fraction of sp³-hybridized carbons (Fsp3) is 0.467. The lowest BCUT2D eigenvalue weighted by Crippen LogP contribution is -2.46. The summed E-state index contributed by atoms with van der Waals surface area (Å²) in [4.78, 5) is 16.5. The number of aryl methyl sites for hydroxylation is 1. The van der Waals surface area contributed by atoms with Crippen LogP contribution >= 0.6 is 24.0 Å². The van der Waals surface area contributed by atoms with Crippen LogP contribution in [0.3, 0.4) is 0 Å². The van der Waals surface area contributed by atoms with Gasteiger partial charge in [-0.2, -0.15) is 0 Å². The summed E-state index contributed by atoms with van der Waals surface area (Å²) in [5.41, 5.74) is 1.94. The molecule has 0 unspecified atom stereocenters. The molecule has 1 amide bonds. The summed E-state index contributed by atoms with van der Waals surface area (Å²) in [7, 11) is 2.11. The molecule has 6 heteroatoms. The number of carbonyl (C=O) groups excluding carboxylic acids is 1. The van der Waals surface area contributed by atoms with Gasteiger partial charge in [0.1, 0.15) is 4.32 Å². The fourth-order valence-corrected chi connectivity index (χ4v) is 3.16. The molecule has 1 aliphatic heterocycles. The van der Waals surface area contributed by atoms with Gasteiger partial charge < -0.3 is 15.1 Å². The number of carbonyl (C=O) groups is 1. The quantitative estimate of drug-likeness (QED) is 0.863. The second kappa shape index (κ2) is 7.77. The van der Waals surface area contributed by atoms with Crippen molar-refractivity contribution < 1.29 is 4.79 Å². The predicted octanol–water partition coefficient (Wildman–Crippen LogP) is 2.20. The zero-order chi connectivity index (χ0) is 15.2. The molecule has 1 aromatic rings. The lowest BCUT2D eigenvalue weighted by molar-refractivity contribution is -0.113. The maximum atomic E-state index is 12.0. The second-order valence-electron chi connectivity index (χ2n) is 5.21. The van der Waals surface area contributed by atoms with Crippen molar-refractivity contribution in [3.63, 3.8) is 0 Å². The third kappa shape index (κ3) is 4.98. The minimum absolute atomic E-state index is 0.00854. The topological polar surface area (TPSA) is 35.6 Å². The molecule has 1 aromatic carbocycles. The highest BCUT2D eigenvalue weighted by atomic mass is 32.2. The summed E-state index contributed by atoms with van der Waals surface area (Å²) in [6, 6.07) is 7.78. The first-order chi connectivity index (χ1) is 10.1. The van der Waals surface area contributed by atoms with Crippen molar-refractivity contribution in [3.8, 4) is 0 Å². The third-order valence-corrected chi connectivity index (χ3v) is 5.03. The first-order valence-electron chi connectivity index (χ1n) is 7.02. The largest absolute Gasteiger partial charge is 0.355 e. The van der Waals surface area contributed by atoms with E-state index in [1.54, 1.807) is 0 Å². The lowest BCUT2D eigenvalue weighted by Gasteiger charge is -2.33. The van der Waals surface area contributed by atoms with Gasteiger partial charge in [0, 0.05) is 31.9 Å². The van der Waals surface area contributed by atoms with Gasteiger partial charge in [0.15, 0.2) is 0 Å². The van der Waals surface area contributed by atoms with Gasteiger partial charge in [-0.05, 0) is 25.6 Å². The van der Waals surface area contributed by atoms with E-state index < -0.39 is 0 Å². The number of thiocarbonyl (C=S) groups is 1. The van der Waals surface area contributed by atoms with Crippen LogP contribution in [-0.4, -0.2) is 59.0 Å². The summed E-state index contributed by atoms with van der Waals surface area (Å²) in [6.45, 7) is 5.92. The second-order valence-corrected chi connectivity index (χ2v) is 6.82. The molecule has 0 spiro atoms. The highest BCUT2D eigenvalue weighted by Crippen LogP contribution is 2.15. The Morgan fingerprint density at radius 3 is 2.62 bits per heavy atom. The summed E-state index contributed by atoms with van der Waals surface area (Å²) < 4.78 is 0.822. The Balaban J connectivity index is 1.76. The molecule has 0 atom stereocenters. The van der Waals surface area contributed by atoms with Crippen LogP contribution in [0.15, 0.2) is 24.3 Å². The van der Waals surface area contributed by atoms with Gasteiger partial charge in [-0.15, -0.1) is 0 Å². The molecule has 1 saturated heterocycles. The van der Waals surface area contributed by atoms with E-state index in [4.69, 9.17) is 12.2 Å². The van der Waals surface area contributed by atoms with Crippen molar-refractivity contribution in [3.05, 3.63) is 29.8 Å². The fourth-order valence-electron chi connectivity index (χ4n) is 2.11. The van der Waals surface area contributed by atoms with Gasteiger partial charge in [0.05, 0.1) is 5.75 Å². The standard InChI is InChI=1S/C15H21N3OS2/c1-12-5-3-4-6-13(12)16-14(19)11-21-15(20)18-9-7-17(2)8-10-18/h3-6H,7-11H2,1-2H3,(H,16,19). The van der Waals surface area contributed by atoms with E-state index in [2.05, 4.69) is 22.2 Å². The summed E-state index contributed by atoms with van der Waals surface area (Å²) in [6.07, 6.45) is 0. The first-order valence-corrected chi connectivity index (χ1v) is 8.41. The van der Waals surface area contributed by atoms with Gasteiger partial charge in [0.2, 0.25) is 5.91 Å². The zero-order valence-corrected chi connectivity index (χ0v) is 14.1. The SMILES string of the molecule is Cc1ccccc1NC(=O)CSC(=S)N1CCN(C)CC1. The van der Waals surface area contributed by atoms with Crippen LogP contribution in [0.1, 0.15) is 5.56 Å². The highest BCUT2D eigenvalue weighted by molar-refractivity contribution is 8.23. The molecular weight excluding hydrogens is 302 g/mol. The number of piperazine rings is 1. The van der Waals surface area contributed by atoms with Gasteiger partial charge in [-0.3, -0.25) is 4.79 Å². The van der Waals surface area contributed by atoms with Crippen molar-refractivity contribution in [2.45, 2.75) is 6.92 Å². The van der Waals surface area contributed by atoms with Crippen LogP contribution in [0, 0.1) is 6.92 Å². The Morgan fingerprint density at radius 2 is 1.95 bits per heavy atom. The number of nitrogens with one attached hydrogen (secondary N) is 1. The number of thioether (sulfide) groups is 1. The number of hydrogen-bond acceptors (Lipinski definition) is 4. The van der Waals surface area contributed by atoms with Crippen molar-refractivity contribution in [1.29, 1.82) is 0 Å². The van der Waals surface area contributed by atoms with Gasteiger partial charge >= 0.3 is 0 Å². The van der Waals surface area contributed by atoms with E-state index >= 15 is 0 Å². The number of para-hydroxylation sites is 1. The first kappa shape index (κ1) is 16.3. The number of likely N-dealkylation sites (N-methyl/N-ethyl adjacent to an activating group) is 1. The van der Waals surface area contributed by atoms with Gasteiger partial charge in [-0.25, -0.2) is 0 Å². The van der Waals surface area contributed by atoms with Crippen LogP contribution in [0.25, 0.3) is 0 Å². The molecule has 114 valence electrons. The van der Waals surface area contributed by atoms with Crippen LogP contribution < -0.4 is 5.32 Å². The van der Waals surface area contributed by atoms with Crippen LogP contribution in [-0.2, 0) is 4.79 Å². The van der Waals surface area contributed by atoms with E-state index in [9.17, 15) is 4.79 Å². The summed E-state index contributed by atoms with van der Waals surface area (Å²) in [5, 5.41) is 2.93. The molecule has 1 fully saturated rings. The number of hydrogen-bond donors (Lipinski definition) is 1. The average molecular weight is 323 g/mol. The van der Waals surface area contributed by atoms with Crippen molar-refractivity contribution in [2.75, 3.05) is 44.3 Å². The van der Waals surface area contributed by atoms with Crippen LogP contribution in [0.5, 0.6) is 0 Å². The summed E-state index contributed by atoms with van der Waals surface area (Å²) >= 11 is 6.86. The minimum Gasteiger partial charge on any atom is -0.355 e. The van der Waals surface area contributed by atoms with Gasteiger partial charge in [-0.1, -0.05) is 42.2 Å². The number of benzene rings is 1. The van der Waals surface area contributed by atoms with Crippen molar-refractivity contribution in [2.24, 2.45) is 0 Å². The molecule has 1 aliphatic rings. The minimum atomic E-state index is -0.00854. The van der Waals surface area contributed by atoms with E-state index in [0.717, 1.165) is 41.8 Å². The number of rotatable bonds is 3. The molecule has 2 rings (SSSR count). The highest BCUT2D eigenvalue weighted by Gasteiger charge is 2.17. The van der Waals surface area contributed by atoms with Gasteiger partial charge in [0.25, 0.3) is 0 Å². The molecule has 21 heavy (non-hydrogen) atoms. The molecule has 0 bridgehead atoms. The molecule has 0 saturated carbocycles. The Labute approximate surface area is 135 Å². The van der Waals surface area contributed by atoms with E-state index in [-0.39, 0.29) is 5.91 Å². The van der Waals surface area contributed by atoms with Crippen molar-refractivity contribution >= 4 is 39.9 Å². The Bertz CT molecular complexity index is 513. The average Bonchev–Trinajstić information content (AvgIpc) is 2.48.